The second-order valence-corrected chi connectivity index (χ2v) is 5.11. The van der Waals surface area contributed by atoms with E-state index in [9.17, 15) is 0 Å². The van der Waals surface area contributed by atoms with Crippen LogP contribution in [-0.2, 0) is 17.1 Å². The Hall–Kier alpha value is 1.22. The molecule has 2 saturated carbocycles. The largest absolute Gasteiger partial charge is 2.00 e. The molecule has 0 aromatic heterocycles. The predicted octanol–water partition coefficient (Wildman–Crippen LogP) is 3.13. The monoisotopic (exact) mass is 262 g/mol. The minimum atomic E-state index is 0. The van der Waals surface area contributed by atoms with Crippen LogP contribution in [0, 0.1) is 61.9 Å². The van der Waals surface area contributed by atoms with Gasteiger partial charge in [0, 0.05) is 15.6 Å². The number of hydrogen-bond acceptors (Lipinski definition) is 2. The zero-order valence-electron chi connectivity index (χ0n) is 7.50. The molecule has 2 fully saturated rings. The van der Waals surface area contributed by atoms with E-state index in [1.54, 1.807) is 0 Å². The molecule has 0 aliphatic heterocycles. The second-order valence-electron chi connectivity index (χ2n) is 2.65. The van der Waals surface area contributed by atoms with E-state index in [-0.39, 0.29) is 17.1 Å². The van der Waals surface area contributed by atoms with Crippen molar-refractivity contribution < 1.29 is 17.1 Å². The predicted molar refractivity (Wildman–Crippen MR) is 60.9 cm³/mol. The molecule has 0 spiro atoms. The van der Waals surface area contributed by atoms with Crippen molar-refractivity contribution in [3.8, 4) is 0 Å². The van der Waals surface area contributed by atoms with E-state index < -0.39 is 0 Å². The molecule has 2 aliphatic carbocycles. The van der Waals surface area contributed by atoms with Gasteiger partial charge in [-0.3, -0.25) is 0 Å². The molecule has 0 nitrogen and oxygen atoms in total. The van der Waals surface area contributed by atoms with Gasteiger partial charge in [-0.2, -0.15) is 0 Å². The molecule has 0 heterocycles. The molecule has 0 saturated heterocycles. The summed E-state index contributed by atoms with van der Waals surface area (Å²) in [5.74, 6) is 0. The van der Waals surface area contributed by atoms with Crippen LogP contribution in [0.5, 0.6) is 0 Å². The average Bonchev–Trinajstić information content (AvgIpc) is 2.75. The number of hydrogen-bond donors (Lipinski definition) is 0. The van der Waals surface area contributed by atoms with Crippen LogP contribution >= 0.6 is 23.5 Å². The van der Waals surface area contributed by atoms with Gasteiger partial charge in [0.2, 0.25) is 0 Å². The van der Waals surface area contributed by atoms with E-state index in [4.69, 9.17) is 0 Å². The average molecular weight is 262 g/mol. The van der Waals surface area contributed by atoms with E-state index in [1.807, 2.05) is 23.5 Å². The fourth-order valence-corrected chi connectivity index (χ4v) is 3.09. The minimum absolute atomic E-state index is 0. The Bertz CT molecular complexity index is 124. The van der Waals surface area contributed by atoms with Crippen LogP contribution in [0.25, 0.3) is 0 Å². The molecule has 0 atom stereocenters. The first-order valence-electron chi connectivity index (χ1n) is 4.14. The normalized spacial score (nSPS) is 24.0. The Morgan fingerprint density at radius 2 is 1.07 bits per heavy atom. The zero-order chi connectivity index (χ0) is 8.93. The second kappa shape index (κ2) is 7.49. The summed E-state index contributed by atoms with van der Waals surface area (Å²) >= 11 is 3.78. The molecule has 0 aromatic rings. The molecule has 72 valence electrons. The fraction of sp³-hybridized carbons (Fsp3) is 0.0909. The van der Waals surface area contributed by atoms with Crippen LogP contribution < -0.4 is 0 Å². The van der Waals surface area contributed by atoms with Crippen molar-refractivity contribution in [3.05, 3.63) is 61.9 Å². The van der Waals surface area contributed by atoms with E-state index in [1.165, 1.54) is 10.5 Å². The van der Waals surface area contributed by atoms with Crippen molar-refractivity contribution in [1.29, 1.82) is 0 Å². The van der Waals surface area contributed by atoms with Crippen LogP contribution in [0.2, 0.25) is 0 Å². The van der Waals surface area contributed by atoms with E-state index in [2.05, 4.69) is 51.4 Å². The Balaban J connectivity index is 0.000000980. The summed E-state index contributed by atoms with van der Waals surface area (Å²) in [7, 11) is 0. The summed E-state index contributed by atoms with van der Waals surface area (Å²) in [5.41, 5.74) is 0. The Morgan fingerprint density at radius 3 is 1.43 bits per heavy atom. The van der Waals surface area contributed by atoms with Gasteiger partial charge >= 0.3 is 17.1 Å². The molecule has 0 aromatic carbocycles. The fourth-order valence-electron chi connectivity index (χ4n) is 1.07. The molecule has 2 aliphatic rings. The molecule has 0 amide bonds. The van der Waals surface area contributed by atoms with Gasteiger partial charge < -0.3 is 0 Å². The SMILES string of the molecule is [CH]1[CH][CH][C](SCS[C]2[CH][CH][CH][CH]2)[CH]1.[Fe+2]. The van der Waals surface area contributed by atoms with Crippen molar-refractivity contribution in [1.82, 2.24) is 0 Å². The Labute approximate surface area is 107 Å². The smallest absolute Gasteiger partial charge is 0.142 e. The standard InChI is InChI=1S/C11H10S2.Fe/c1-2-6-10(5-1)12-9-13-11-7-3-4-8-11;/h1-8H,9H2;/q;+2. The quantitative estimate of drug-likeness (QED) is 0.564. The Kier molecular flexibility index (Phi) is 7.10. The third-order valence-electron chi connectivity index (χ3n) is 1.72. The van der Waals surface area contributed by atoms with Gasteiger partial charge in [-0.15, -0.1) is 23.5 Å². The van der Waals surface area contributed by atoms with Crippen molar-refractivity contribution in [2.75, 3.05) is 5.08 Å². The molecule has 0 N–H and O–H groups in total. The summed E-state index contributed by atoms with van der Waals surface area (Å²) in [6.07, 6.45) is 16.9. The van der Waals surface area contributed by atoms with Crippen molar-refractivity contribution in [2.45, 2.75) is 0 Å². The maximum absolute atomic E-state index is 2.15. The summed E-state index contributed by atoms with van der Waals surface area (Å²) in [4.78, 5) is 0. The van der Waals surface area contributed by atoms with Crippen LogP contribution in [0.4, 0.5) is 0 Å². The maximum Gasteiger partial charge on any atom is 2.00 e. The van der Waals surface area contributed by atoms with Gasteiger partial charge in [0.1, 0.15) is 0 Å². The summed E-state index contributed by atoms with van der Waals surface area (Å²) in [6.45, 7) is 0. The molecule has 0 unspecified atom stereocenters. The first-order chi connectivity index (χ1) is 6.45. The molecule has 10 radical (unpaired) electrons. The van der Waals surface area contributed by atoms with Crippen LogP contribution in [0.15, 0.2) is 0 Å². The number of rotatable bonds is 4. The summed E-state index contributed by atoms with van der Waals surface area (Å²) in [5, 5.41) is 3.81. The molecular weight excluding hydrogens is 252 g/mol. The summed E-state index contributed by atoms with van der Waals surface area (Å²) < 4.78 is 0. The van der Waals surface area contributed by atoms with Gasteiger partial charge in [0.25, 0.3) is 0 Å². The molecule has 0 bridgehead atoms. The van der Waals surface area contributed by atoms with Gasteiger partial charge in [-0.1, -0.05) is 0 Å². The topological polar surface area (TPSA) is 0 Å². The van der Waals surface area contributed by atoms with Gasteiger partial charge in [-0.25, -0.2) is 0 Å². The number of thioether (sulfide) groups is 2. The van der Waals surface area contributed by atoms with Crippen LogP contribution in [-0.4, -0.2) is 5.08 Å². The zero-order valence-corrected chi connectivity index (χ0v) is 10.2. The minimum Gasteiger partial charge on any atom is -0.142 e. The van der Waals surface area contributed by atoms with E-state index in [0.29, 0.717) is 0 Å². The summed E-state index contributed by atoms with van der Waals surface area (Å²) in [6, 6.07) is 0. The van der Waals surface area contributed by atoms with Crippen LogP contribution in [0.3, 0.4) is 0 Å². The van der Waals surface area contributed by atoms with Gasteiger partial charge in [0.15, 0.2) is 0 Å². The third-order valence-corrected chi connectivity index (χ3v) is 3.87. The van der Waals surface area contributed by atoms with E-state index >= 15 is 0 Å². The van der Waals surface area contributed by atoms with Crippen molar-refractivity contribution in [3.63, 3.8) is 0 Å². The molecule has 14 heavy (non-hydrogen) atoms. The molecular formula is C11H10FeS2+2. The van der Waals surface area contributed by atoms with Crippen molar-refractivity contribution in [2.24, 2.45) is 0 Å². The van der Waals surface area contributed by atoms with E-state index in [0.717, 1.165) is 5.08 Å². The van der Waals surface area contributed by atoms with Gasteiger partial charge in [0.05, 0.1) is 0 Å². The maximum atomic E-state index is 2.15. The Morgan fingerprint density at radius 1 is 0.714 bits per heavy atom. The third kappa shape index (κ3) is 4.38. The molecule has 3 heteroatoms. The molecule has 2 rings (SSSR count). The first-order valence-corrected chi connectivity index (χ1v) is 6.11. The first kappa shape index (κ1) is 13.3. The van der Waals surface area contributed by atoms with Crippen molar-refractivity contribution >= 4 is 23.5 Å². The van der Waals surface area contributed by atoms with Crippen LogP contribution in [0.1, 0.15) is 0 Å². The van der Waals surface area contributed by atoms with Gasteiger partial charge in [-0.05, 0) is 51.4 Å².